The van der Waals surface area contributed by atoms with E-state index in [1.54, 1.807) is 13.3 Å². The summed E-state index contributed by atoms with van der Waals surface area (Å²) in [5.74, 6) is 2.15. The third-order valence-electron chi connectivity index (χ3n) is 3.91. The van der Waals surface area contributed by atoms with E-state index in [-0.39, 0.29) is 5.91 Å². The Kier molecular flexibility index (Phi) is 6.39. The van der Waals surface area contributed by atoms with Gasteiger partial charge in [0.1, 0.15) is 5.82 Å². The van der Waals surface area contributed by atoms with Gasteiger partial charge in [0.2, 0.25) is 11.9 Å². The number of hydrogen-bond donors (Lipinski definition) is 2. The zero-order valence-electron chi connectivity index (χ0n) is 13.3. The van der Waals surface area contributed by atoms with Gasteiger partial charge in [-0.15, -0.1) is 0 Å². The number of piperidine rings is 1. The second-order valence-corrected chi connectivity index (χ2v) is 5.47. The first-order valence-corrected chi connectivity index (χ1v) is 7.74. The molecule has 1 aromatic rings. The second kappa shape index (κ2) is 8.53. The number of ether oxygens (including phenoxy) is 1. The predicted octanol–water partition coefficient (Wildman–Crippen LogP) is 0.887. The van der Waals surface area contributed by atoms with Crippen LogP contribution in [0.4, 0.5) is 11.8 Å². The summed E-state index contributed by atoms with van der Waals surface area (Å²) < 4.78 is 4.93. The minimum atomic E-state index is 0.120. The van der Waals surface area contributed by atoms with Crippen molar-refractivity contribution in [1.29, 1.82) is 0 Å². The first kappa shape index (κ1) is 16.5. The normalized spacial score (nSPS) is 15.6. The molecule has 2 N–H and O–H groups in total. The second-order valence-electron chi connectivity index (χ2n) is 5.47. The fourth-order valence-electron chi connectivity index (χ4n) is 2.64. The topological polar surface area (TPSA) is 79.4 Å². The minimum absolute atomic E-state index is 0.120. The van der Waals surface area contributed by atoms with E-state index in [0.717, 1.165) is 31.7 Å². The van der Waals surface area contributed by atoms with Crippen LogP contribution >= 0.6 is 0 Å². The van der Waals surface area contributed by atoms with Gasteiger partial charge in [-0.25, -0.2) is 4.98 Å². The number of nitrogens with zero attached hydrogens (tertiary/aromatic N) is 3. The van der Waals surface area contributed by atoms with E-state index in [9.17, 15) is 4.79 Å². The maximum atomic E-state index is 11.8. The Morgan fingerprint density at radius 3 is 2.91 bits per heavy atom. The van der Waals surface area contributed by atoms with Gasteiger partial charge in [0, 0.05) is 46.4 Å². The van der Waals surface area contributed by atoms with Crippen molar-refractivity contribution in [3.63, 3.8) is 0 Å². The summed E-state index contributed by atoms with van der Waals surface area (Å²) in [6, 6.07) is 1.93. The molecule has 122 valence electrons. The Balaban J connectivity index is 1.76. The highest BCUT2D eigenvalue weighted by Gasteiger charge is 2.22. The Hall–Kier alpha value is -1.89. The first-order chi connectivity index (χ1) is 10.7. The molecule has 0 atom stereocenters. The average molecular weight is 307 g/mol. The minimum Gasteiger partial charge on any atom is -0.383 e. The standard InChI is InChI=1S/C15H25N5O2/c1-16-15-18-6-3-13(19-15)20-8-4-12(5-9-20)11-14(21)17-7-10-22-2/h3,6,12H,4-5,7-11H2,1-2H3,(H,17,21)(H,16,18,19). The van der Waals surface area contributed by atoms with Gasteiger partial charge in [-0.1, -0.05) is 0 Å². The molecular formula is C15H25N5O2. The quantitative estimate of drug-likeness (QED) is 0.728. The summed E-state index contributed by atoms with van der Waals surface area (Å²) in [5.41, 5.74) is 0. The fourth-order valence-corrected chi connectivity index (χ4v) is 2.64. The smallest absolute Gasteiger partial charge is 0.224 e. The third kappa shape index (κ3) is 4.84. The van der Waals surface area contributed by atoms with Crippen molar-refractivity contribution in [2.75, 3.05) is 50.6 Å². The maximum absolute atomic E-state index is 11.8. The highest BCUT2D eigenvalue weighted by atomic mass is 16.5. The van der Waals surface area contributed by atoms with Crippen LogP contribution in [-0.4, -0.2) is 56.3 Å². The van der Waals surface area contributed by atoms with Crippen LogP contribution in [0, 0.1) is 5.92 Å². The molecule has 0 unspecified atom stereocenters. The highest BCUT2D eigenvalue weighted by Crippen LogP contribution is 2.24. The molecular weight excluding hydrogens is 282 g/mol. The average Bonchev–Trinajstić information content (AvgIpc) is 2.56. The molecule has 0 bridgehead atoms. The molecule has 2 heterocycles. The molecule has 1 aliphatic rings. The molecule has 1 fully saturated rings. The van der Waals surface area contributed by atoms with Crippen molar-refractivity contribution in [1.82, 2.24) is 15.3 Å². The van der Waals surface area contributed by atoms with E-state index in [4.69, 9.17) is 4.74 Å². The summed E-state index contributed by atoms with van der Waals surface area (Å²) in [7, 11) is 3.45. The van der Waals surface area contributed by atoms with Gasteiger partial charge in [-0.3, -0.25) is 4.79 Å². The lowest BCUT2D eigenvalue weighted by Gasteiger charge is -2.32. The van der Waals surface area contributed by atoms with Crippen LogP contribution in [0.25, 0.3) is 0 Å². The SMILES string of the molecule is CNc1nccc(N2CCC(CC(=O)NCCOC)CC2)n1. The summed E-state index contributed by atoms with van der Waals surface area (Å²) in [4.78, 5) is 22.7. The van der Waals surface area contributed by atoms with Crippen molar-refractivity contribution < 1.29 is 9.53 Å². The zero-order valence-corrected chi connectivity index (χ0v) is 13.3. The molecule has 22 heavy (non-hydrogen) atoms. The molecule has 0 aromatic carbocycles. The third-order valence-corrected chi connectivity index (χ3v) is 3.91. The fraction of sp³-hybridized carbons (Fsp3) is 0.667. The number of amides is 1. The van der Waals surface area contributed by atoms with Gasteiger partial charge in [-0.2, -0.15) is 4.98 Å². The summed E-state index contributed by atoms with van der Waals surface area (Å²) in [5, 5.41) is 5.84. The highest BCUT2D eigenvalue weighted by molar-refractivity contribution is 5.76. The Labute approximate surface area is 131 Å². The van der Waals surface area contributed by atoms with Crippen LogP contribution in [0.15, 0.2) is 12.3 Å². The monoisotopic (exact) mass is 307 g/mol. The van der Waals surface area contributed by atoms with Gasteiger partial charge < -0.3 is 20.3 Å². The number of nitrogens with one attached hydrogen (secondary N) is 2. The first-order valence-electron chi connectivity index (χ1n) is 7.74. The Bertz CT molecular complexity index is 475. The molecule has 7 nitrogen and oxygen atoms in total. The van der Waals surface area contributed by atoms with Crippen molar-refractivity contribution in [3.8, 4) is 0 Å². The van der Waals surface area contributed by atoms with Crippen molar-refractivity contribution in [2.45, 2.75) is 19.3 Å². The Morgan fingerprint density at radius 1 is 1.45 bits per heavy atom. The number of aromatic nitrogens is 2. The molecule has 1 saturated heterocycles. The molecule has 1 aromatic heterocycles. The molecule has 0 radical (unpaired) electrons. The molecule has 0 spiro atoms. The molecule has 0 saturated carbocycles. The molecule has 7 heteroatoms. The number of rotatable bonds is 7. The largest absolute Gasteiger partial charge is 0.383 e. The van der Waals surface area contributed by atoms with Crippen LogP contribution < -0.4 is 15.5 Å². The number of methoxy groups -OCH3 is 1. The number of anilines is 2. The predicted molar refractivity (Wildman–Crippen MR) is 86.0 cm³/mol. The van der Waals surface area contributed by atoms with E-state index in [1.165, 1.54) is 0 Å². The van der Waals surface area contributed by atoms with Gasteiger partial charge in [0.05, 0.1) is 6.61 Å². The van der Waals surface area contributed by atoms with Gasteiger partial charge in [0.15, 0.2) is 0 Å². The number of carbonyl (C=O) groups is 1. The number of hydrogen-bond acceptors (Lipinski definition) is 6. The van der Waals surface area contributed by atoms with Crippen LogP contribution in [0.1, 0.15) is 19.3 Å². The lowest BCUT2D eigenvalue weighted by molar-refractivity contribution is -0.122. The van der Waals surface area contributed by atoms with E-state index >= 15 is 0 Å². The Morgan fingerprint density at radius 2 is 2.23 bits per heavy atom. The van der Waals surface area contributed by atoms with Crippen LogP contribution in [-0.2, 0) is 9.53 Å². The van der Waals surface area contributed by atoms with Gasteiger partial charge >= 0.3 is 0 Å². The molecule has 2 rings (SSSR count). The van der Waals surface area contributed by atoms with Crippen LogP contribution in [0.3, 0.4) is 0 Å². The molecule has 0 aliphatic carbocycles. The summed E-state index contributed by atoms with van der Waals surface area (Å²) in [6.45, 7) is 3.00. The van der Waals surface area contributed by atoms with Crippen molar-refractivity contribution >= 4 is 17.7 Å². The lowest BCUT2D eigenvalue weighted by Crippen LogP contribution is -2.36. The van der Waals surface area contributed by atoms with Crippen LogP contribution in [0.2, 0.25) is 0 Å². The van der Waals surface area contributed by atoms with Crippen LogP contribution in [0.5, 0.6) is 0 Å². The van der Waals surface area contributed by atoms with E-state index in [0.29, 0.717) is 31.4 Å². The van der Waals surface area contributed by atoms with E-state index in [1.807, 2.05) is 13.1 Å². The van der Waals surface area contributed by atoms with E-state index in [2.05, 4.69) is 25.5 Å². The van der Waals surface area contributed by atoms with Crippen molar-refractivity contribution in [2.24, 2.45) is 5.92 Å². The zero-order chi connectivity index (χ0) is 15.8. The summed E-state index contributed by atoms with van der Waals surface area (Å²) >= 11 is 0. The molecule has 1 aliphatic heterocycles. The summed E-state index contributed by atoms with van der Waals surface area (Å²) in [6.07, 6.45) is 4.39. The van der Waals surface area contributed by atoms with Crippen molar-refractivity contribution in [3.05, 3.63) is 12.3 Å². The van der Waals surface area contributed by atoms with Gasteiger partial charge in [-0.05, 0) is 24.8 Å². The lowest BCUT2D eigenvalue weighted by atomic mass is 9.93. The van der Waals surface area contributed by atoms with Gasteiger partial charge in [0.25, 0.3) is 0 Å². The number of carbonyl (C=O) groups excluding carboxylic acids is 1. The maximum Gasteiger partial charge on any atom is 0.224 e. The molecule has 1 amide bonds. The van der Waals surface area contributed by atoms with E-state index < -0.39 is 0 Å².